The second kappa shape index (κ2) is 6.78. The van der Waals surface area contributed by atoms with Gasteiger partial charge in [0, 0.05) is 27.9 Å². The summed E-state index contributed by atoms with van der Waals surface area (Å²) in [7, 11) is 0. The largest absolute Gasteiger partial charge is 0.254 e. The van der Waals surface area contributed by atoms with E-state index in [1.807, 2.05) is 18.3 Å². The van der Waals surface area contributed by atoms with Crippen LogP contribution in [0.25, 0.3) is 55.0 Å². The lowest BCUT2D eigenvalue weighted by Gasteiger charge is -2.14. The molecule has 0 amide bonds. The van der Waals surface area contributed by atoms with Crippen molar-refractivity contribution >= 4 is 32.7 Å². The van der Waals surface area contributed by atoms with Gasteiger partial charge >= 0.3 is 0 Å². The molecular formula is C28H18N2. The molecule has 0 N–H and O–H groups in total. The van der Waals surface area contributed by atoms with E-state index in [1.54, 1.807) is 0 Å². The first-order chi connectivity index (χ1) is 14.9. The molecule has 0 bridgehead atoms. The molecule has 0 radical (unpaired) electrons. The highest BCUT2D eigenvalue weighted by atomic mass is 14.7. The maximum atomic E-state index is 5.06. The zero-order valence-corrected chi connectivity index (χ0v) is 16.3. The van der Waals surface area contributed by atoms with Crippen LogP contribution in [0.2, 0.25) is 0 Å². The molecule has 6 rings (SSSR count). The van der Waals surface area contributed by atoms with Crippen molar-refractivity contribution in [3.05, 3.63) is 109 Å². The van der Waals surface area contributed by atoms with Crippen LogP contribution >= 0.6 is 0 Å². The number of pyridine rings is 2. The molecule has 2 heterocycles. The molecule has 6 aromatic rings. The Kier molecular flexibility index (Phi) is 3.82. The monoisotopic (exact) mass is 382 g/mol. The number of hydrogen-bond acceptors (Lipinski definition) is 2. The molecular weight excluding hydrogens is 364 g/mol. The predicted molar refractivity (Wildman–Crippen MR) is 125 cm³/mol. The highest BCUT2D eigenvalue weighted by Gasteiger charge is 2.15. The minimum atomic E-state index is 0.941. The van der Waals surface area contributed by atoms with Crippen LogP contribution in [0.4, 0.5) is 0 Å². The van der Waals surface area contributed by atoms with Gasteiger partial charge in [-0.15, -0.1) is 0 Å². The summed E-state index contributed by atoms with van der Waals surface area (Å²) in [5.74, 6) is 0. The van der Waals surface area contributed by atoms with Gasteiger partial charge in [0.1, 0.15) is 0 Å². The Morgan fingerprint density at radius 3 is 1.93 bits per heavy atom. The van der Waals surface area contributed by atoms with E-state index in [2.05, 4.69) is 91.0 Å². The Bertz CT molecular complexity index is 1520. The molecule has 0 saturated carbocycles. The summed E-state index contributed by atoms with van der Waals surface area (Å²) >= 11 is 0. The fourth-order valence-corrected chi connectivity index (χ4v) is 4.35. The molecule has 0 unspecified atom stereocenters. The number of benzene rings is 4. The minimum absolute atomic E-state index is 0.941. The highest BCUT2D eigenvalue weighted by molar-refractivity contribution is 6.17. The molecule has 2 heteroatoms. The zero-order chi connectivity index (χ0) is 19.9. The van der Waals surface area contributed by atoms with E-state index in [4.69, 9.17) is 9.97 Å². The van der Waals surface area contributed by atoms with E-state index in [-0.39, 0.29) is 0 Å². The summed E-state index contributed by atoms with van der Waals surface area (Å²) in [4.78, 5) is 9.84. The van der Waals surface area contributed by atoms with Gasteiger partial charge in [0.2, 0.25) is 0 Å². The van der Waals surface area contributed by atoms with Crippen LogP contribution in [0.5, 0.6) is 0 Å². The maximum Gasteiger partial charge on any atom is 0.0978 e. The number of hydrogen-bond donors (Lipinski definition) is 0. The van der Waals surface area contributed by atoms with Crippen molar-refractivity contribution in [2.24, 2.45) is 0 Å². The smallest absolute Gasteiger partial charge is 0.0978 e. The van der Waals surface area contributed by atoms with Gasteiger partial charge in [-0.1, -0.05) is 91.0 Å². The number of para-hydroxylation sites is 1. The molecule has 2 nitrogen and oxygen atoms in total. The normalized spacial score (nSPS) is 11.3. The lowest BCUT2D eigenvalue weighted by molar-refractivity contribution is 1.40. The Morgan fingerprint density at radius 1 is 0.467 bits per heavy atom. The summed E-state index contributed by atoms with van der Waals surface area (Å²) in [6.07, 6.45) is 1.89. The van der Waals surface area contributed by atoms with Crippen LogP contribution in [-0.4, -0.2) is 9.97 Å². The third kappa shape index (κ3) is 2.58. The van der Waals surface area contributed by atoms with Crippen molar-refractivity contribution in [1.29, 1.82) is 0 Å². The molecule has 0 spiro atoms. The summed E-state index contributed by atoms with van der Waals surface area (Å²) < 4.78 is 0. The van der Waals surface area contributed by atoms with E-state index in [0.29, 0.717) is 0 Å². The lowest BCUT2D eigenvalue weighted by Crippen LogP contribution is -1.92. The summed E-state index contributed by atoms with van der Waals surface area (Å²) in [5, 5.41) is 3.41. The Hall–Kier alpha value is -4.04. The average Bonchev–Trinajstić information content (AvgIpc) is 2.83. The van der Waals surface area contributed by atoms with Crippen LogP contribution in [0, 0.1) is 0 Å². The minimum Gasteiger partial charge on any atom is -0.254 e. The van der Waals surface area contributed by atoms with Gasteiger partial charge < -0.3 is 0 Å². The maximum absolute atomic E-state index is 5.06. The third-order valence-electron chi connectivity index (χ3n) is 5.71. The molecule has 0 saturated heterocycles. The molecule has 0 aliphatic carbocycles. The topological polar surface area (TPSA) is 25.8 Å². The van der Waals surface area contributed by atoms with Crippen molar-refractivity contribution in [1.82, 2.24) is 9.97 Å². The van der Waals surface area contributed by atoms with Crippen LogP contribution in [0.15, 0.2) is 109 Å². The molecule has 0 aliphatic heterocycles. The number of nitrogens with zero attached hydrogens (tertiary/aromatic N) is 2. The van der Waals surface area contributed by atoms with Crippen LogP contribution in [0.1, 0.15) is 0 Å². The van der Waals surface area contributed by atoms with E-state index < -0.39 is 0 Å². The molecule has 0 aliphatic rings. The average molecular weight is 382 g/mol. The zero-order valence-electron chi connectivity index (χ0n) is 16.3. The van der Waals surface area contributed by atoms with Gasteiger partial charge in [0.15, 0.2) is 0 Å². The number of rotatable bonds is 2. The second-order valence-corrected chi connectivity index (χ2v) is 7.45. The first kappa shape index (κ1) is 16.9. The summed E-state index contributed by atoms with van der Waals surface area (Å²) in [6, 6.07) is 35.9. The van der Waals surface area contributed by atoms with Crippen molar-refractivity contribution in [3.63, 3.8) is 0 Å². The molecule has 0 atom stereocenters. The molecule has 0 fully saturated rings. The fraction of sp³-hybridized carbons (Fsp3) is 0. The van der Waals surface area contributed by atoms with E-state index in [1.165, 1.54) is 22.3 Å². The number of aromatic nitrogens is 2. The van der Waals surface area contributed by atoms with Gasteiger partial charge in [-0.25, -0.2) is 4.98 Å². The Morgan fingerprint density at radius 2 is 1.13 bits per heavy atom. The van der Waals surface area contributed by atoms with Gasteiger partial charge in [-0.05, 0) is 28.8 Å². The van der Waals surface area contributed by atoms with Crippen LogP contribution in [-0.2, 0) is 0 Å². The van der Waals surface area contributed by atoms with Gasteiger partial charge in [0.05, 0.1) is 16.6 Å². The van der Waals surface area contributed by atoms with Crippen LogP contribution in [0.3, 0.4) is 0 Å². The van der Waals surface area contributed by atoms with Crippen molar-refractivity contribution in [2.75, 3.05) is 0 Å². The fourth-order valence-electron chi connectivity index (χ4n) is 4.35. The van der Waals surface area contributed by atoms with Gasteiger partial charge in [-0.3, -0.25) is 4.98 Å². The van der Waals surface area contributed by atoms with Crippen molar-refractivity contribution < 1.29 is 0 Å². The standard InChI is InChI=1S/C28H18N2/c1-3-9-19(10-4-1)21-17-18-29-27-22(21)15-16-24-26(20-11-5-2-6-12-20)23-13-7-8-14-25(23)30-28(24)27/h1-18H. The quantitative estimate of drug-likeness (QED) is 0.232. The SMILES string of the molecule is c1ccc(-c2ccnc3c2ccc2c(-c4ccccc4)c4ccccc4nc23)cc1. The molecule has 4 aromatic carbocycles. The van der Waals surface area contributed by atoms with Gasteiger partial charge in [-0.2, -0.15) is 0 Å². The number of fused-ring (bicyclic) bond motifs is 4. The summed E-state index contributed by atoms with van der Waals surface area (Å²) in [5.41, 5.74) is 7.65. The third-order valence-corrected chi connectivity index (χ3v) is 5.71. The first-order valence-electron chi connectivity index (χ1n) is 10.1. The summed E-state index contributed by atoms with van der Waals surface area (Å²) in [6.45, 7) is 0. The Labute approximate surface area is 174 Å². The van der Waals surface area contributed by atoms with Crippen molar-refractivity contribution in [3.8, 4) is 22.3 Å². The lowest BCUT2D eigenvalue weighted by atomic mass is 9.93. The predicted octanol–water partition coefficient (Wildman–Crippen LogP) is 7.27. The molecule has 30 heavy (non-hydrogen) atoms. The second-order valence-electron chi connectivity index (χ2n) is 7.45. The first-order valence-corrected chi connectivity index (χ1v) is 10.1. The van der Waals surface area contributed by atoms with E-state index >= 15 is 0 Å². The van der Waals surface area contributed by atoms with Crippen LogP contribution < -0.4 is 0 Å². The molecule has 2 aromatic heterocycles. The van der Waals surface area contributed by atoms with E-state index in [0.717, 1.165) is 32.7 Å². The van der Waals surface area contributed by atoms with Gasteiger partial charge in [0.25, 0.3) is 0 Å². The molecule has 140 valence electrons. The highest BCUT2D eigenvalue weighted by Crippen LogP contribution is 2.38. The Balaban J connectivity index is 1.77. The van der Waals surface area contributed by atoms with Crippen molar-refractivity contribution in [2.45, 2.75) is 0 Å². The van der Waals surface area contributed by atoms with E-state index in [9.17, 15) is 0 Å².